The van der Waals surface area contributed by atoms with Crippen LogP contribution in [0, 0.1) is 5.41 Å². The lowest BCUT2D eigenvalue weighted by Gasteiger charge is -2.44. The molecule has 0 aromatic heterocycles. The number of anilines is 1. The van der Waals surface area contributed by atoms with E-state index >= 15 is 0 Å². The van der Waals surface area contributed by atoms with E-state index in [-0.39, 0.29) is 12.3 Å². The molecule has 27 heavy (non-hydrogen) atoms. The van der Waals surface area contributed by atoms with Gasteiger partial charge in [0.25, 0.3) is 0 Å². The number of nitrogens with zero attached hydrogens (tertiary/aromatic N) is 2. The minimum absolute atomic E-state index is 0.0622. The van der Waals surface area contributed by atoms with E-state index in [1.807, 2.05) is 18.2 Å². The second kappa shape index (κ2) is 8.16. The van der Waals surface area contributed by atoms with Crippen molar-refractivity contribution in [1.82, 2.24) is 4.90 Å². The van der Waals surface area contributed by atoms with E-state index in [9.17, 15) is 9.90 Å². The van der Waals surface area contributed by atoms with Gasteiger partial charge in [-0.2, -0.15) is 0 Å². The first-order valence-electron chi connectivity index (χ1n) is 9.34. The maximum Gasteiger partial charge on any atom is 0.306 e. The average molecular weight is 439 g/mol. The fourth-order valence-corrected chi connectivity index (χ4v) is 4.85. The largest absolute Gasteiger partial charge is 0.481 e. The highest BCUT2D eigenvalue weighted by Gasteiger charge is 2.37. The Hall–Kier alpha value is -1.64. The Morgan fingerprint density at radius 3 is 2.41 bits per heavy atom. The average Bonchev–Trinajstić information content (AvgIpc) is 2.61. The normalized spacial score (nSPS) is 26.7. The first-order chi connectivity index (χ1) is 12.8. The molecule has 1 saturated carbocycles. The summed E-state index contributed by atoms with van der Waals surface area (Å²) in [5, 5.41) is 26.9. The predicted molar refractivity (Wildman–Crippen MR) is 108 cm³/mol. The first-order valence-corrected chi connectivity index (χ1v) is 10.1. The summed E-state index contributed by atoms with van der Waals surface area (Å²) in [6.45, 7) is 3.72. The number of piperazine rings is 1. The molecule has 3 rings (SSSR count). The van der Waals surface area contributed by atoms with Gasteiger partial charge in [-0.05, 0) is 59.8 Å². The van der Waals surface area contributed by atoms with Gasteiger partial charge in [0.05, 0.1) is 17.7 Å². The number of halogens is 1. The molecule has 8 heteroatoms. The number of nitrogens with two attached hydrogens (primary N) is 1. The molecule has 2 aliphatic rings. The van der Waals surface area contributed by atoms with Gasteiger partial charge in [0.15, 0.2) is 0 Å². The van der Waals surface area contributed by atoms with Crippen molar-refractivity contribution < 1.29 is 15.0 Å². The summed E-state index contributed by atoms with van der Waals surface area (Å²) in [6.07, 6.45) is 2.66. The Kier molecular flexibility index (Phi) is 6.08. The van der Waals surface area contributed by atoms with Crippen LogP contribution in [-0.2, 0) is 4.79 Å². The van der Waals surface area contributed by atoms with Gasteiger partial charge in [0.2, 0.25) is 0 Å². The molecule has 2 fully saturated rings. The smallest absolute Gasteiger partial charge is 0.306 e. The number of nitrogen functional groups attached to an aromatic ring is 1. The summed E-state index contributed by atoms with van der Waals surface area (Å²) in [5.74, 6) is -0.863. The van der Waals surface area contributed by atoms with Crippen LogP contribution in [0.5, 0.6) is 0 Å². The zero-order chi connectivity index (χ0) is 19.6. The fourth-order valence-electron chi connectivity index (χ4n) is 4.22. The monoisotopic (exact) mass is 438 g/mol. The summed E-state index contributed by atoms with van der Waals surface area (Å²) < 4.78 is 0.944. The Balaban J connectivity index is 1.54. The van der Waals surface area contributed by atoms with Gasteiger partial charge in [0.1, 0.15) is 5.84 Å². The van der Waals surface area contributed by atoms with Crippen LogP contribution in [0.1, 0.15) is 37.7 Å². The quantitative estimate of drug-likeness (QED) is 0.412. The molecule has 0 bridgehead atoms. The number of benzene rings is 1. The van der Waals surface area contributed by atoms with E-state index in [0.29, 0.717) is 24.4 Å². The zero-order valence-electron chi connectivity index (χ0n) is 15.3. The van der Waals surface area contributed by atoms with Crippen molar-refractivity contribution >= 4 is 33.4 Å². The Bertz CT molecular complexity index is 711. The van der Waals surface area contributed by atoms with Crippen molar-refractivity contribution in [3.05, 3.63) is 28.2 Å². The van der Waals surface area contributed by atoms with E-state index in [0.717, 1.165) is 49.2 Å². The molecular weight excluding hydrogens is 412 g/mol. The minimum atomic E-state index is -1.03. The van der Waals surface area contributed by atoms with Crippen LogP contribution >= 0.6 is 15.9 Å². The third kappa shape index (κ3) is 4.80. The van der Waals surface area contributed by atoms with Crippen molar-refractivity contribution in [2.45, 2.75) is 43.7 Å². The van der Waals surface area contributed by atoms with Crippen LogP contribution in [0.15, 0.2) is 22.7 Å². The van der Waals surface area contributed by atoms with Crippen LogP contribution in [-0.4, -0.2) is 64.7 Å². The Morgan fingerprint density at radius 1 is 1.26 bits per heavy atom. The van der Waals surface area contributed by atoms with Crippen LogP contribution in [0.2, 0.25) is 0 Å². The molecule has 0 amide bonds. The van der Waals surface area contributed by atoms with Crippen molar-refractivity contribution in [3.63, 3.8) is 0 Å². The highest BCUT2D eigenvalue weighted by molar-refractivity contribution is 9.10. The van der Waals surface area contributed by atoms with Gasteiger partial charge in [-0.15, -0.1) is 0 Å². The molecule has 1 aliphatic heterocycles. The van der Waals surface area contributed by atoms with Crippen molar-refractivity contribution in [2.75, 3.05) is 31.1 Å². The summed E-state index contributed by atoms with van der Waals surface area (Å²) in [4.78, 5) is 15.7. The highest BCUT2D eigenvalue weighted by Crippen LogP contribution is 2.34. The summed E-state index contributed by atoms with van der Waals surface area (Å²) >= 11 is 3.59. The van der Waals surface area contributed by atoms with E-state index in [2.05, 4.69) is 25.7 Å². The van der Waals surface area contributed by atoms with Gasteiger partial charge in [-0.25, -0.2) is 0 Å². The number of nitrogens with one attached hydrogen (secondary N) is 1. The Labute approximate surface area is 167 Å². The Morgan fingerprint density at radius 2 is 1.89 bits per heavy atom. The lowest BCUT2D eigenvalue weighted by atomic mass is 9.79. The summed E-state index contributed by atoms with van der Waals surface area (Å²) in [7, 11) is 0. The molecule has 0 atom stereocenters. The van der Waals surface area contributed by atoms with E-state index in [4.69, 9.17) is 16.2 Å². The number of carbonyl (C=O) groups is 1. The number of aliphatic carboxylic acids is 1. The third-order valence-electron chi connectivity index (χ3n) is 5.80. The van der Waals surface area contributed by atoms with Gasteiger partial charge >= 0.3 is 5.97 Å². The molecule has 1 aliphatic carbocycles. The van der Waals surface area contributed by atoms with E-state index in [1.54, 1.807) is 0 Å². The molecule has 1 aromatic rings. The number of hydrogen-bond donors (Lipinski definition) is 4. The van der Waals surface area contributed by atoms with E-state index < -0.39 is 11.6 Å². The molecule has 0 unspecified atom stereocenters. The van der Waals surface area contributed by atoms with Crippen LogP contribution in [0.3, 0.4) is 0 Å². The molecule has 0 radical (unpaired) electrons. The molecular formula is C19H27BrN4O3. The minimum Gasteiger partial charge on any atom is -0.481 e. The summed E-state index contributed by atoms with van der Waals surface area (Å²) in [6, 6.07) is 6.18. The molecule has 0 spiro atoms. The van der Waals surface area contributed by atoms with Crippen molar-refractivity contribution in [3.8, 4) is 0 Å². The van der Waals surface area contributed by atoms with Gasteiger partial charge in [0, 0.05) is 42.3 Å². The molecule has 1 heterocycles. The lowest BCUT2D eigenvalue weighted by molar-refractivity contribution is -0.144. The topological polar surface area (TPSA) is 114 Å². The summed E-state index contributed by atoms with van der Waals surface area (Å²) in [5.41, 5.74) is 6.33. The maximum atomic E-state index is 10.9. The number of amidine groups is 1. The van der Waals surface area contributed by atoms with Crippen LogP contribution in [0.4, 0.5) is 5.69 Å². The van der Waals surface area contributed by atoms with Gasteiger partial charge < -0.3 is 20.8 Å². The number of rotatable bonds is 5. The lowest BCUT2D eigenvalue weighted by Crippen LogP contribution is -2.52. The maximum absolute atomic E-state index is 10.9. The van der Waals surface area contributed by atoms with Crippen LogP contribution < -0.4 is 10.6 Å². The SMILES string of the molecule is N=C(N)c1ccc(N2CCN(C3CCC(O)(CC(=O)O)CC3)CC2)c(Br)c1. The van der Waals surface area contributed by atoms with Crippen molar-refractivity contribution in [1.29, 1.82) is 5.41 Å². The number of hydrogen-bond acceptors (Lipinski definition) is 5. The van der Waals surface area contributed by atoms with Crippen LogP contribution in [0.25, 0.3) is 0 Å². The molecule has 1 saturated heterocycles. The zero-order valence-corrected chi connectivity index (χ0v) is 16.9. The fraction of sp³-hybridized carbons (Fsp3) is 0.579. The molecule has 7 nitrogen and oxygen atoms in total. The third-order valence-corrected chi connectivity index (χ3v) is 6.43. The van der Waals surface area contributed by atoms with Gasteiger partial charge in [-0.3, -0.25) is 15.1 Å². The second-order valence-corrected chi connectivity index (χ2v) is 8.48. The molecule has 1 aromatic carbocycles. The standard InChI is InChI=1S/C19H27BrN4O3/c20-15-11-13(18(21)22)1-2-16(15)24-9-7-23(8-10-24)14-3-5-19(27,6-4-14)12-17(25)26/h1-2,11,14,27H,3-10,12H2,(H3,21,22)(H,25,26). The first kappa shape index (κ1) is 20.1. The predicted octanol–water partition coefficient (Wildman–Crippen LogP) is 2.00. The van der Waals surface area contributed by atoms with Gasteiger partial charge in [-0.1, -0.05) is 0 Å². The highest BCUT2D eigenvalue weighted by atomic mass is 79.9. The van der Waals surface area contributed by atoms with Crippen molar-refractivity contribution in [2.24, 2.45) is 5.73 Å². The van der Waals surface area contributed by atoms with E-state index in [1.165, 1.54) is 0 Å². The number of aliphatic hydroxyl groups is 1. The number of carboxylic acids is 1. The molecule has 5 N–H and O–H groups in total. The number of carboxylic acid groups (broad SMARTS) is 1. The molecule has 148 valence electrons. The second-order valence-electron chi connectivity index (χ2n) is 7.63.